The van der Waals surface area contributed by atoms with Gasteiger partial charge in [-0.25, -0.2) is 4.79 Å². The van der Waals surface area contributed by atoms with Crippen molar-refractivity contribution >= 4 is 39.1 Å². The van der Waals surface area contributed by atoms with Gasteiger partial charge >= 0.3 is 5.97 Å². The molecule has 0 N–H and O–H groups in total. The Bertz CT molecular complexity index is 851. The summed E-state index contributed by atoms with van der Waals surface area (Å²) in [6.45, 7) is 0.0794. The second kappa shape index (κ2) is 6.26. The van der Waals surface area contributed by atoms with Crippen molar-refractivity contribution < 1.29 is 14.3 Å². The summed E-state index contributed by atoms with van der Waals surface area (Å²) < 4.78 is 7.49. The zero-order valence-electron chi connectivity index (χ0n) is 12.9. The maximum absolute atomic E-state index is 12.6. The quantitative estimate of drug-likeness (QED) is 0.691. The summed E-state index contributed by atoms with van der Waals surface area (Å²) in [6, 6.07) is 13.1. The number of carbonyl (C=O) groups is 2. The van der Waals surface area contributed by atoms with Crippen LogP contribution in [0.25, 0.3) is 10.2 Å². The van der Waals surface area contributed by atoms with Gasteiger partial charge in [-0.3, -0.25) is 4.79 Å². The predicted molar refractivity (Wildman–Crippen MR) is 91.0 cm³/mol. The highest BCUT2D eigenvalue weighted by molar-refractivity contribution is 7.17. The summed E-state index contributed by atoms with van der Waals surface area (Å²) in [4.78, 5) is 26.1. The van der Waals surface area contributed by atoms with Crippen LogP contribution in [-0.4, -0.2) is 30.6 Å². The predicted octanol–water partition coefficient (Wildman–Crippen LogP) is 3.15. The number of hydrogen-bond donors (Lipinski definition) is 0. The summed E-state index contributed by atoms with van der Waals surface area (Å²) in [7, 11) is 3.06. The average molecular weight is 328 g/mol. The van der Waals surface area contributed by atoms with Crippen LogP contribution in [0.1, 0.15) is 10.5 Å². The highest BCUT2D eigenvalue weighted by Gasteiger charge is 2.20. The standard InChI is InChI=1S/C17H16N2O3S/c1-18(12-6-4-3-5-7-12)16(20)11-19-13-8-9-23-15(13)10-14(19)17(21)22-2/h3-10H,11H2,1-2H3. The minimum Gasteiger partial charge on any atom is -0.464 e. The van der Waals surface area contributed by atoms with Gasteiger partial charge < -0.3 is 14.2 Å². The fourth-order valence-corrected chi connectivity index (χ4v) is 3.28. The molecule has 3 aromatic rings. The van der Waals surface area contributed by atoms with E-state index in [0.717, 1.165) is 15.9 Å². The van der Waals surface area contributed by atoms with E-state index in [-0.39, 0.29) is 12.5 Å². The second-order valence-corrected chi connectivity index (χ2v) is 6.01. The topological polar surface area (TPSA) is 51.5 Å². The summed E-state index contributed by atoms with van der Waals surface area (Å²) in [5.41, 5.74) is 2.07. The van der Waals surface area contributed by atoms with E-state index in [1.54, 1.807) is 22.6 Å². The smallest absolute Gasteiger partial charge is 0.354 e. The van der Waals surface area contributed by atoms with E-state index in [4.69, 9.17) is 4.74 Å². The van der Waals surface area contributed by atoms with Gasteiger partial charge in [-0.15, -0.1) is 11.3 Å². The SMILES string of the molecule is COC(=O)c1cc2sccc2n1CC(=O)N(C)c1ccccc1. The van der Waals surface area contributed by atoms with Crippen LogP contribution in [0.3, 0.4) is 0 Å². The first-order chi connectivity index (χ1) is 11.1. The molecule has 0 aliphatic rings. The van der Waals surface area contributed by atoms with Crippen molar-refractivity contribution in [3.63, 3.8) is 0 Å². The third-order valence-corrected chi connectivity index (χ3v) is 4.58. The van der Waals surface area contributed by atoms with Crippen molar-refractivity contribution in [1.29, 1.82) is 0 Å². The number of para-hydroxylation sites is 1. The number of benzene rings is 1. The first-order valence-electron chi connectivity index (χ1n) is 7.08. The van der Waals surface area contributed by atoms with Crippen LogP contribution in [0.4, 0.5) is 5.69 Å². The van der Waals surface area contributed by atoms with E-state index in [9.17, 15) is 9.59 Å². The number of amides is 1. The minimum atomic E-state index is -0.441. The molecule has 0 saturated heterocycles. The number of nitrogens with zero attached hydrogens (tertiary/aromatic N) is 2. The van der Waals surface area contributed by atoms with E-state index in [2.05, 4.69) is 0 Å². The van der Waals surface area contributed by atoms with Crippen molar-refractivity contribution in [3.05, 3.63) is 53.5 Å². The molecule has 0 bridgehead atoms. The van der Waals surface area contributed by atoms with Crippen molar-refractivity contribution in [2.75, 3.05) is 19.1 Å². The molecular weight excluding hydrogens is 312 g/mol. The maximum Gasteiger partial charge on any atom is 0.354 e. The average Bonchev–Trinajstić information content (AvgIpc) is 3.16. The zero-order chi connectivity index (χ0) is 16.4. The number of likely N-dealkylation sites (N-methyl/N-ethyl adjacent to an activating group) is 1. The van der Waals surface area contributed by atoms with Gasteiger partial charge in [-0.1, -0.05) is 18.2 Å². The highest BCUT2D eigenvalue weighted by Crippen LogP contribution is 2.26. The largest absolute Gasteiger partial charge is 0.464 e. The lowest BCUT2D eigenvalue weighted by atomic mass is 10.3. The Hall–Kier alpha value is -2.60. The fraction of sp³-hybridized carbons (Fsp3) is 0.176. The molecule has 1 amide bonds. The van der Waals surface area contributed by atoms with Crippen LogP contribution < -0.4 is 4.90 Å². The Labute approximate surface area is 137 Å². The number of ether oxygens (including phenoxy) is 1. The molecule has 5 nitrogen and oxygen atoms in total. The Kier molecular flexibility index (Phi) is 4.16. The summed E-state index contributed by atoms with van der Waals surface area (Å²) in [5, 5.41) is 1.94. The number of rotatable bonds is 4. The summed E-state index contributed by atoms with van der Waals surface area (Å²) >= 11 is 1.53. The van der Waals surface area contributed by atoms with Gasteiger partial charge in [0.2, 0.25) is 5.91 Å². The molecule has 1 aromatic carbocycles. The molecule has 2 aromatic heterocycles. The van der Waals surface area contributed by atoms with Crippen LogP contribution in [0.5, 0.6) is 0 Å². The number of aromatic nitrogens is 1. The second-order valence-electron chi connectivity index (χ2n) is 5.07. The molecular formula is C17H16N2O3S. The molecule has 0 atom stereocenters. The van der Waals surface area contributed by atoms with Crippen LogP contribution in [0, 0.1) is 0 Å². The van der Waals surface area contributed by atoms with Crippen molar-refractivity contribution in [2.24, 2.45) is 0 Å². The van der Waals surface area contributed by atoms with Gasteiger partial charge in [-0.2, -0.15) is 0 Å². The third kappa shape index (κ3) is 2.85. The molecule has 0 fully saturated rings. The number of carbonyl (C=O) groups excluding carboxylic acids is 2. The van der Waals surface area contributed by atoms with Crippen LogP contribution in [0.15, 0.2) is 47.8 Å². The Balaban J connectivity index is 1.92. The third-order valence-electron chi connectivity index (χ3n) is 3.73. The van der Waals surface area contributed by atoms with Crippen LogP contribution in [0.2, 0.25) is 0 Å². The zero-order valence-corrected chi connectivity index (χ0v) is 13.7. The molecule has 6 heteroatoms. The van der Waals surface area contributed by atoms with Gasteiger partial charge in [0.1, 0.15) is 12.2 Å². The molecule has 0 radical (unpaired) electrons. The van der Waals surface area contributed by atoms with E-state index in [1.165, 1.54) is 18.4 Å². The number of fused-ring (bicyclic) bond motifs is 1. The monoisotopic (exact) mass is 328 g/mol. The normalized spacial score (nSPS) is 10.7. The lowest BCUT2D eigenvalue weighted by Crippen LogP contribution is -2.30. The van der Waals surface area contributed by atoms with E-state index >= 15 is 0 Å². The van der Waals surface area contributed by atoms with Gasteiger partial charge in [0.05, 0.1) is 17.3 Å². The first-order valence-corrected chi connectivity index (χ1v) is 7.96. The summed E-state index contributed by atoms with van der Waals surface area (Å²) in [6.07, 6.45) is 0. The molecule has 2 heterocycles. The molecule has 3 rings (SSSR count). The molecule has 0 saturated carbocycles. The van der Waals surface area contributed by atoms with Crippen molar-refractivity contribution in [2.45, 2.75) is 6.54 Å². The number of thiophene rings is 1. The lowest BCUT2D eigenvalue weighted by molar-refractivity contribution is -0.118. The van der Waals surface area contributed by atoms with Crippen LogP contribution in [-0.2, 0) is 16.1 Å². The fourth-order valence-electron chi connectivity index (χ4n) is 2.46. The molecule has 23 heavy (non-hydrogen) atoms. The lowest BCUT2D eigenvalue weighted by Gasteiger charge is -2.18. The van der Waals surface area contributed by atoms with Gasteiger partial charge in [0.25, 0.3) is 0 Å². The molecule has 0 aliphatic carbocycles. The number of hydrogen-bond acceptors (Lipinski definition) is 4. The number of methoxy groups -OCH3 is 1. The van der Waals surface area contributed by atoms with Crippen molar-refractivity contribution in [1.82, 2.24) is 4.57 Å². The Morgan fingerprint density at radius 1 is 1.22 bits per heavy atom. The Morgan fingerprint density at radius 3 is 2.65 bits per heavy atom. The molecule has 0 aliphatic heterocycles. The summed E-state index contributed by atoms with van der Waals surface area (Å²) in [5.74, 6) is -0.548. The van der Waals surface area contributed by atoms with Gasteiger partial charge in [-0.05, 0) is 29.6 Å². The molecule has 0 unspecified atom stereocenters. The van der Waals surface area contributed by atoms with Crippen molar-refractivity contribution in [3.8, 4) is 0 Å². The first kappa shape index (κ1) is 15.3. The highest BCUT2D eigenvalue weighted by atomic mass is 32.1. The minimum absolute atomic E-state index is 0.0794. The number of esters is 1. The van der Waals surface area contributed by atoms with E-state index in [1.807, 2.05) is 41.8 Å². The molecule has 0 spiro atoms. The van der Waals surface area contributed by atoms with Gasteiger partial charge in [0.15, 0.2) is 0 Å². The van der Waals surface area contributed by atoms with E-state index in [0.29, 0.717) is 5.69 Å². The van der Waals surface area contributed by atoms with Crippen LogP contribution >= 0.6 is 11.3 Å². The Morgan fingerprint density at radius 2 is 1.96 bits per heavy atom. The van der Waals surface area contributed by atoms with E-state index < -0.39 is 5.97 Å². The molecule has 118 valence electrons. The maximum atomic E-state index is 12.6. The number of anilines is 1. The van der Waals surface area contributed by atoms with Gasteiger partial charge in [0, 0.05) is 12.7 Å².